The molecule has 0 bridgehead atoms. The fourth-order valence-corrected chi connectivity index (χ4v) is 3.06. The summed E-state index contributed by atoms with van der Waals surface area (Å²) in [5, 5.41) is 3.01. The van der Waals surface area contributed by atoms with Crippen LogP contribution in [-0.2, 0) is 11.3 Å². The quantitative estimate of drug-likeness (QED) is 0.873. The molecule has 2 aliphatic heterocycles. The second-order valence-corrected chi connectivity index (χ2v) is 6.21. The maximum atomic E-state index is 12.4. The maximum Gasteiger partial charge on any atom is 0.325 e. The molecule has 1 saturated heterocycles. The summed E-state index contributed by atoms with van der Waals surface area (Å²) in [6, 6.07) is 6.49. The number of hydrogen-bond donors (Lipinski definition) is 1. The van der Waals surface area contributed by atoms with Crippen LogP contribution >= 0.6 is 11.6 Å². The number of hydrogen-bond acceptors (Lipinski definition) is 5. The Balaban J connectivity index is 1.97. The smallest absolute Gasteiger partial charge is 0.325 e. The largest absolute Gasteiger partial charge is 0.349 e. The highest BCUT2D eigenvalue weighted by molar-refractivity contribution is 6.31. The van der Waals surface area contributed by atoms with Crippen molar-refractivity contribution < 1.29 is 9.59 Å². The van der Waals surface area contributed by atoms with Crippen LogP contribution in [0.5, 0.6) is 0 Å². The van der Waals surface area contributed by atoms with E-state index in [0.717, 1.165) is 5.56 Å². The molecule has 2 heterocycles. The molecule has 23 heavy (non-hydrogen) atoms. The van der Waals surface area contributed by atoms with E-state index in [9.17, 15) is 9.59 Å². The van der Waals surface area contributed by atoms with Crippen LogP contribution in [0.25, 0.3) is 0 Å². The molecule has 1 fully saturated rings. The molecule has 0 spiro atoms. The first-order valence-corrected chi connectivity index (χ1v) is 7.60. The first-order valence-electron chi connectivity index (χ1n) is 7.23. The zero-order chi connectivity index (χ0) is 16.7. The third-order valence-corrected chi connectivity index (χ3v) is 4.41. The van der Waals surface area contributed by atoms with Crippen LogP contribution < -0.4 is 5.32 Å². The Morgan fingerprint density at radius 1 is 1.30 bits per heavy atom. The molecule has 0 saturated carbocycles. The van der Waals surface area contributed by atoms with E-state index >= 15 is 0 Å². The summed E-state index contributed by atoms with van der Waals surface area (Å²) in [6.45, 7) is 0.438. The van der Waals surface area contributed by atoms with Gasteiger partial charge in [0.2, 0.25) is 0 Å². The van der Waals surface area contributed by atoms with Crippen molar-refractivity contribution in [2.45, 2.75) is 18.8 Å². The molecule has 1 aromatic rings. The fourth-order valence-electron chi connectivity index (χ4n) is 2.86. The van der Waals surface area contributed by atoms with E-state index in [0.29, 0.717) is 17.5 Å². The van der Waals surface area contributed by atoms with Gasteiger partial charge in [-0.2, -0.15) is 0 Å². The number of benzene rings is 1. The number of nitrogens with zero attached hydrogens (tertiary/aromatic N) is 4. The van der Waals surface area contributed by atoms with Crippen molar-refractivity contribution in [3.8, 4) is 0 Å². The van der Waals surface area contributed by atoms with Gasteiger partial charge in [-0.1, -0.05) is 29.8 Å². The molecular formula is C15H18ClN5O2. The summed E-state index contributed by atoms with van der Waals surface area (Å²) < 4.78 is 0. The number of amides is 3. The number of fused-ring (bicyclic) bond motifs is 1. The SMILES string of the molecule is CN(C)C1=NC2C(C(=O)NC(=O)N2C)N1Cc1ccccc1Cl. The Kier molecular flexibility index (Phi) is 3.89. The molecule has 2 aliphatic rings. The third-order valence-electron chi connectivity index (χ3n) is 4.04. The minimum atomic E-state index is -0.564. The molecule has 3 rings (SSSR count). The van der Waals surface area contributed by atoms with Crippen molar-refractivity contribution in [1.82, 2.24) is 20.0 Å². The van der Waals surface area contributed by atoms with Crippen molar-refractivity contribution in [3.63, 3.8) is 0 Å². The van der Waals surface area contributed by atoms with Gasteiger partial charge in [0.25, 0.3) is 5.91 Å². The lowest BCUT2D eigenvalue weighted by molar-refractivity contribution is -0.127. The Hall–Kier alpha value is -2.28. The second kappa shape index (κ2) is 5.73. The van der Waals surface area contributed by atoms with Gasteiger partial charge in [0.05, 0.1) is 0 Å². The minimum absolute atomic E-state index is 0.342. The lowest BCUT2D eigenvalue weighted by atomic mass is 10.1. The summed E-state index contributed by atoms with van der Waals surface area (Å²) in [5.74, 6) is 0.308. The first kappa shape index (κ1) is 15.6. The van der Waals surface area contributed by atoms with Crippen molar-refractivity contribution >= 4 is 29.5 Å². The highest BCUT2D eigenvalue weighted by Gasteiger charge is 2.49. The van der Waals surface area contributed by atoms with E-state index in [2.05, 4.69) is 10.3 Å². The van der Waals surface area contributed by atoms with Crippen LogP contribution in [0.3, 0.4) is 0 Å². The Morgan fingerprint density at radius 2 is 2.00 bits per heavy atom. The molecular weight excluding hydrogens is 318 g/mol. The van der Waals surface area contributed by atoms with E-state index in [4.69, 9.17) is 11.6 Å². The molecule has 0 radical (unpaired) electrons. The van der Waals surface area contributed by atoms with Crippen LogP contribution in [-0.4, -0.2) is 65.9 Å². The summed E-state index contributed by atoms with van der Waals surface area (Å²) >= 11 is 6.25. The zero-order valence-electron chi connectivity index (χ0n) is 13.2. The van der Waals surface area contributed by atoms with Gasteiger partial charge in [-0.05, 0) is 11.6 Å². The molecule has 2 atom stereocenters. The molecule has 122 valence electrons. The molecule has 1 aromatic carbocycles. The number of nitrogens with one attached hydrogen (secondary N) is 1. The number of guanidine groups is 1. The average molecular weight is 336 g/mol. The van der Waals surface area contributed by atoms with Crippen molar-refractivity contribution in [1.29, 1.82) is 0 Å². The van der Waals surface area contributed by atoms with E-state index in [1.54, 1.807) is 7.05 Å². The molecule has 3 amide bonds. The molecule has 0 aliphatic carbocycles. The highest BCUT2D eigenvalue weighted by atomic mass is 35.5. The van der Waals surface area contributed by atoms with Crippen LogP contribution in [0.4, 0.5) is 4.79 Å². The fraction of sp³-hybridized carbons (Fsp3) is 0.400. The highest BCUT2D eigenvalue weighted by Crippen LogP contribution is 2.28. The van der Waals surface area contributed by atoms with E-state index in [1.165, 1.54) is 4.90 Å². The van der Waals surface area contributed by atoms with Crippen molar-refractivity contribution in [3.05, 3.63) is 34.9 Å². The number of rotatable bonds is 2. The summed E-state index contributed by atoms with van der Waals surface area (Å²) in [4.78, 5) is 33.9. The predicted octanol–water partition coefficient (Wildman–Crippen LogP) is 0.950. The van der Waals surface area contributed by atoms with Crippen LogP contribution in [0, 0.1) is 0 Å². The lowest BCUT2D eigenvalue weighted by Crippen LogP contribution is -2.63. The molecule has 7 nitrogen and oxygen atoms in total. The Morgan fingerprint density at radius 3 is 2.65 bits per heavy atom. The van der Waals surface area contributed by atoms with E-state index in [1.807, 2.05) is 48.2 Å². The predicted molar refractivity (Wildman–Crippen MR) is 87.0 cm³/mol. The normalized spacial score (nSPS) is 23.6. The zero-order valence-corrected chi connectivity index (χ0v) is 13.9. The number of carbonyl (C=O) groups excluding carboxylic acids is 2. The maximum absolute atomic E-state index is 12.4. The molecule has 2 unspecified atom stereocenters. The number of likely N-dealkylation sites (N-methyl/N-ethyl adjacent to an activating group) is 1. The standard InChI is InChI=1S/C15H18ClN5O2/c1-19(2)14-17-12-11(13(22)18-15(23)20(12)3)21(14)8-9-6-4-5-7-10(9)16/h4-7,11-12H,8H2,1-3H3,(H,18,22,23). The van der Waals surface area contributed by atoms with Crippen LogP contribution in [0.2, 0.25) is 5.02 Å². The third kappa shape index (κ3) is 2.61. The Labute approximate surface area is 139 Å². The van der Waals surface area contributed by atoms with Crippen molar-refractivity contribution in [2.24, 2.45) is 4.99 Å². The van der Waals surface area contributed by atoms with Crippen molar-refractivity contribution in [2.75, 3.05) is 21.1 Å². The number of aliphatic imine (C=N–C) groups is 1. The summed E-state index contributed by atoms with van der Waals surface area (Å²) in [5.41, 5.74) is 0.900. The average Bonchev–Trinajstić information content (AvgIpc) is 2.87. The van der Waals surface area contributed by atoms with Gasteiger partial charge >= 0.3 is 6.03 Å². The topological polar surface area (TPSA) is 68.2 Å². The van der Waals surface area contributed by atoms with Gasteiger partial charge in [0, 0.05) is 32.7 Å². The van der Waals surface area contributed by atoms with Gasteiger partial charge in [0.1, 0.15) is 0 Å². The van der Waals surface area contributed by atoms with Gasteiger partial charge in [-0.3, -0.25) is 10.1 Å². The molecule has 0 aromatic heterocycles. The Bertz CT molecular complexity index is 690. The van der Waals surface area contributed by atoms with E-state index < -0.39 is 18.2 Å². The van der Waals surface area contributed by atoms with Gasteiger partial charge in [-0.25, -0.2) is 9.79 Å². The van der Waals surface area contributed by atoms with Gasteiger partial charge in [-0.15, -0.1) is 0 Å². The van der Waals surface area contributed by atoms with Crippen LogP contribution in [0.1, 0.15) is 5.56 Å². The van der Waals surface area contributed by atoms with Crippen LogP contribution in [0.15, 0.2) is 29.3 Å². The lowest BCUT2D eigenvalue weighted by Gasteiger charge is -2.36. The van der Waals surface area contributed by atoms with Gasteiger partial charge in [0.15, 0.2) is 18.2 Å². The van der Waals surface area contributed by atoms with E-state index in [-0.39, 0.29) is 5.91 Å². The number of carbonyl (C=O) groups is 2. The number of urea groups is 1. The van der Waals surface area contributed by atoms with Gasteiger partial charge < -0.3 is 14.7 Å². The monoisotopic (exact) mass is 335 g/mol. The first-order chi connectivity index (χ1) is 10.9. The second-order valence-electron chi connectivity index (χ2n) is 5.81. The molecule has 8 heteroatoms. The summed E-state index contributed by atoms with van der Waals surface area (Å²) in [6.07, 6.45) is -0.531. The number of halogens is 1. The summed E-state index contributed by atoms with van der Waals surface area (Å²) in [7, 11) is 5.35. The minimum Gasteiger partial charge on any atom is -0.349 e. The molecule has 1 N–H and O–H groups in total. The number of imide groups is 1.